The molecule has 0 aromatic heterocycles. The number of rotatable bonds is 5. The number of likely N-dealkylation sites (tertiary alicyclic amines) is 1. The van der Waals surface area contributed by atoms with Crippen LogP contribution in [-0.2, 0) is 0 Å². The summed E-state index contributed by atoms with van der Waals surface area (Å²) in [6, 6.07) is 5.45. The molecule has 20 heavy (non-hydrogen) atoms. The van der Waals surface area contributed by atoms with E-state index in [0.29, 0.717) is 30.2 Å². The monoisotopic (exact) mass is 278 g/mol. The van der Waals surface area contributed by atoms with Gasteiger partial charge in [-0.2, -0.15) is 0 Å². The molecule has 2 N–H and O–H groups in total. The molecule has 0 saturated carbocycles. The first kappa shape index (κ1) is 14.7. The Balaban J connectivity index is 2.22. The van der Waals surface area contributed by atoms with Crippen LogP contribution in [-0.4, -0.2) is 43.7 Å². The second-order valence-electron chi connectivity index (χ2n) is 4.83. The Morgan fingerprint density at radius 3 is 2.90 bits per heavy atom. The number of carbonyl (C=O) groups excluding carboxylic acids is 1. The lowest BCUT2D eigenvalue weighted by atomic mass is 10.1. The largest absolute Gasteiger partial charge is 0.493 e. The summed E-state index contributed by atoms with van der Waals surface area (Å²) in [5, 5.41) is 0. The number of hydrogen-bond acceptors (Lipinski definition) is 4. The molecule has 1 aliphatic rings. The number of amides is 1. The quantitative estimate of drug-likeness (QED) is 0.889. The first-order chi connectivity index (χ1) is 9.71. The Hall–Kier alpha value is -1.75. The summed E-state index contributed by atoms with van der Waals surface area (Å²) >= 11 is 0. The van der Waals surface area contributed by atoms with E-state index >= 15 is 0 Å². The average Bonchev–Trinajstić information content (AvgIpc) is 2.95. The third-order valence-electron chi connectivity index (χ3n) is 3.62. The molecule has 1 aromatic rings. The minimum Gasteiger partial charge on any atom is -0.493 e. The number of benzene rings is 1. The molecule has 1 unspecified atom stereocenters. The highest BCUT2D eigenvalue weighted by Gasteiger charge is 2.28. The van der Waals surface area contributed by atoms with Gasteiger partial charge in [-0.15, -0.1) is 0 Å². The molecule has 5 nitrogen and oxygen atoms in total. The van der Waals surface area contributed by atoms with Crippen LogP contribution >= 0.6 is 0 Å². The number of methoxy groups -OCH3 is 1. The minimum atomic E-state index is 0.0132. The molecule has 1 heterocycles. The van der Waals surface area contributed by atoms with E-state index in [2.05, 4.69) is 0 Å². The van der Waals surface area contributed by atoms with Crippen molar-refractivity contribution in [2.24, 2.45) is 5.73 Å². The van der Waals surface area contributed by atoms with Crippen LogP contribution in [0.15, 0.2) is 18.2 Å². The normalized spacial score (nSPS) is 18.1. The predicted octanol–water partition coefficient (Wildman–Crippen LogP) is 1.66. The SMILES string of the molecule is CCOc1ccc(C(=O)N2CCCC2CN)cc1OC. The van der Waals surface area contributed by atoms with E-state index in [-0.39, 0.29) is 11.9 Å². The molecular weight excluding hydrogens is 256 g/mol. The van der Waals surface area contributed by atoms with Crippen LogP contribution in [0.1, 0.15) is 30.1 Å². The molecule has 1 aromatic carbocycles. The van der Waals surface area contributed by atoms with E-state index < -0.39 is 0 Å². The van der Waals surface area contributed by atoms with E-state index in [4.69, 9.17) is 15.2 Å². The second-order valence-corrected chi connectivity index (χ2v) is 4.83. The first-order valence-corrected chi connectivity index (χ1v) is 7.03. The number of hydrogen-bond donors (Lipinski definition) is 1. The van der Waals surface area contributed by atoms with Gasteiger partial charge in [-0.1, -0.05) is 0 Å². The molecular formula is C15H22N2O3. The Morgan fingerprint density at radius 1 is 1.45 bits per heavy atom. The van der Waals surface area contributed by atoms with Gasteiger partial charge in [0.2, 0.25) is 0 Å². The van der Waals surface area contributed by atoms with Crippen molar-refractivity contribution in [3.8, 4) is 11.5 Å². The number of carbonyl (C=O) groups is 1. The molecule has 5 heteroatoms. The fourth-order valence-electron chi connectivity index (χ4n) is 2.59. The highest BCUT2D eigenvalue weighted by molar-refractivity contribution is 5.95. The molecule has 0 aliphatic carbocycles. The van der Waals surface area contributed by atoms with Gasteiger partial charge < -0.3 is 20.1 Å². The summed E-state index contributed by atoms with van der Waals surface area (Å²) in [6.07, 6.45) is 2.00. The molecule has 1 atom stereocenters. The van der Waals surface area contributed by atoms with Gasteiger partial charge in [0, 0.05) is 24.7 Å². The van der Waals surface area contributed by atoms with Crippen LogP contribution in [0.5, 0.6) is 11.5 Å². The smallest absolute Gasteiger partial charge is 0.254 e. The topological polar surface area (TPSA) is 64.8 Å². The third kappa shape index (κ3) is 2.88. The summed E-state index contributed by atoms with van der Waals surface area (Å²) < 4.78 is 10.7. The second kappa shape index (κ2) is 6.61. The molecule has 2 rings (SSSR count). The molecule has 110 valence electrons. The van der Waals surface area contributed by atoms with Crippen LogP contribution in [0.3, 0.4) is 0 Å². The third-order valence-corrected chi connectivity index (χ3v) is 3.62. The maximum Gasteiger partial charge on any atom is 0.254 e. The van der Waals surface area contributed by atoms with Gasteiger partial charge in [-0.25, -0.2) is 0 Å². The van der Waals surface area contributed by atoms with E-state index in [1.807, 2.05) is 11.8 Å². The van der Waals surface area contributed by atoms with Gasteiger partial charge in [0.05, 0.1) is 13.7 Å². The fourth-order valence-corrected chi connectivity index (χ4v) is 2.59. The zero-order chi connectivity index (χ0) is 14.5. The van der Waals surface area contributed by atoms with Crippen molar-refractivity contribution in [2.45, 2.75) is 25.8 Å². The van der Waals surface area contributed by atoms with Crippen LogP contribution in [0.2, 0.25) is 0 Å². The fraction of sp³-hybridized carbons (Fsp3) is 0.533. The molecule has 1 saturated heterocycles. The number of nitrogens with two attached hydrogens (primary N) is 1. The molecule has 1 amide bonds. The Bertz CT molecular complexity index is 476. The maximum atomic E-state index is 12.5. The van der Waals surface area contributed by atoms with E-state index in [1.165, 1.54) is 0 Å². The zero-order valence-electron chi connectivity index (χ0n) is 12.1. The highest BCUT2D eigenvalue weighted by atomic mass is 16.5. The van der Waals surface area contributed by atoms with Crippen molar-refractivity contribution >= 4 is 5.91 Å². The van der Waals surface area contributed by atoms with Crippen molar-refractivity contribution < 1.29 is 14.3 Å². The minimum absolute atomic E-state index is 0.0132. The van der Waals surface area contributed by atoms with E-state index in [0.717, 1.165) is 19.4 Å². The Kier molecular flexibility index (Phi) is 4.84. The summed E-state index contributed by atoms with van der Waals surface area (Å²) in [6.45, 7) is 3.76. The lowest BCUT2D eigenvalue weighted by Gasteiger charge is -2.23. The first-order valence-electron chi connectivity index (χ1n) is 7.03. The summed E-state index contributed by atoms with van der Waals surface area (Å²) in [5.41, 5.74) is 6.34. The van der Waals surface area contributed by atoms with Crippen LogP contribution in [0, 0.1) is 0 Å². The predicted molar refractivity (Wildman–Crippen MR) is 77.3 cm³/mol. The average molecular weight is 278 g/mol. The standard InChI is InChI=1S/C15H22N2O3/c1-3-20-13-7-6-11(9-14(13)19-2)15(18)17-8-4-5-12(17)10-16/h6-7,9,12H,3-5,8,10,16H2,1-2H3. The van der Waals surface area contributed by atoms with Crippen molar-refractivity contribution in [1.82, 2.24) is 4.90 Å². The Morgan fingerprint density at radius 2 is 2.25 bits per heavy atom. The number of ether oxygens (including phenoxy) is 2. The van der Waals surface area contributed by atoms with Gasteiger partial charge in [0.25, 0.3) is 5.91 Å². The van der Waals surface area contributed by atoms with Gasteiger partial charge in [-0.3, -0.25) is 4.79 Å². The summed E-state index contributed by atoms with van der Waals surface area (Å²) in [4.78, 5) is 14.4. The summed E-state index contributed by atoms with van der Waals surface area (Å²) in [7, 11) is 1.57. The molecule has 0 bridgehead atoms. The summed E-state index contributed by atoms with van der Waals surface area (Å²) in [5.74, 6) is 1.25. The highest BCUT2D eigenvalue weighted by Crippen LogP contribution is 2.29. The van der Waals surface area contributed by atoms with Crippen molar-refractivity contribution in [3.63, 3.8) is 0 Å². The zero-order valence-corrected chi connectivity index (χ0v) is 12.1. The van der Waals surface area contributed by atoms with Crippen LogP contribution < -0.4 is 15.2 Å². The van der Waals surface area contributed by atoms with Crippen molar-refractivity contribution in [3.05, 3.63) is 23.8 Å². The van der Waals surface area contributed by atoms with Gasteiger partial charge in [0.1, 0.15) is 0 Å². The molecule has 0 spiro atoms. The van der Waals surface area contributed by atoms with E-state index in [1.54, 1.807) is 25.3 Å². The van der Waals surface area contributed by atoms with Crippen LogP contribution in [0.4, 0.5) is 0 Å². The van der Waals surface area contributed by atoms with Gasteiger partial charge in [0.15, 0.2) is 11.5 Å². The van der Waals surface area contributed by atoms with Crippen molar-refractivity contribution in [1.29, 1.82) is 0 Å². The van der Waals surface area contributed by atoms with E-state index in [9.17, 15) is 4.79 Å². The van der Waals surface area contributed by atoms with Gasteiger partial charge in [-0.05, 0) is 38.0 Å². The molecule has 0 radical (unpaired) electrons. The van der Waals surface area contributed by atoms with Gasteiger partial charge >= 0.3 is 0 Å². The Labute approximate surface area is 119 Å². The van der Waals surface area contributed by atoms with Crippen LogP contribution in [0.25, 0.3) is 0 Å². The lowest BCUT2D eigenvalue weighted by Crippen LogP contribution is -2.39. The molecule has 1 aliphatic heterocycles. The molecule has 1 fully saturated rings. The maximum absolute atomic E-state index is 12.5. The van der Waals surface area contributed by atoms with Crippen molar-refractivity contribution in [2.75, 3.05) is 26.8 Å². The number of nitrogens with zero attached hydrogens (tertiary/aromatic N) is 1. The lowest BCUT2D eigenvalue weighted by molar-refractivity contribution is 0.0741.